The summed E-state index contributed by atoms with van der Waals surface area (Å²) in [7, 11) is 1.80. The summed E-state index contributed by atoms with van der Waals surface area (Å²) in [6, 6.07) is 3.38. The quantitative estimate of drug-likeness (QED) is 0.728. The number of rotatable bonds is 2. The highest BCUT2D eigenvalue weighted by molar-refractivity contribution is 5.62. The van der Waals surface area contributed by atoms with E-state index in [9.17, 15) is 5.11 Å². The number of pyridine rings is 1. The Labute approximate surface area is 102 Å². The molecule has 0 atom stereocenters. The summed E-state index contributed by atoms with van der Waals surface area (Å²) in [5.74, 6) is 0.603. The molecule has 3 rings (SSSR count). The minimum absolute atomic E-state index is 0.00581. The molecule has 0 saturated heterocycles. The molecule has 0 aliphatic heterocycles. The van der Waals surface area contributed by atoms with Crippen LogP contribution in [0.1, 0.15) is 0 Å². The van der Waals surface area contributed by atoms with Gasteiger partial charge in [0.2, 0.25) is 5.82 Å². The molecule has 0 aromatic carbocycles. The Morgan fingerprint density at radius 1 is 1.33 bits per heavy atom. The van der Waals surface area contributed by atoms with Crippen LogP contribution in [0.25, 0.3) is 23.0 Å². The Bertz CT molecular complexity index is 688. The highest BCUT2D eigenvalue weighted by Gasteiger charge is 2.14. The van der Waals surface area contributed by atoms with Gasteiger partial charge in [-0.1, -0.05) is 5.16 Å². The SMILES string of the molecule is Cn1ccc(-c2noc(-c3ccncc3O)n2)n1. The zero-order chi connectivity index (χ0) is 12.5. The first-order valence-electron chi connectivity index (χ1n) is 5.21. The standard InChI is InChI=1S/C11H9N5O2/c1-16-5-3-8(14-16)10-13-11(18-15-10)7-2-4-12-6-9(7)17/h2-6,17H,1H3. The van der Waals surface area contributed by atoms with Gasteiger partial charge in [-0.25, -0.2) is 0 Å². The highest BCUT2D eigenvalue weighted by atomic mass is 16.5. The molecule has 0 amide bonds. The van der Waals surface area contributed by atoms with Gasteiger partial charge in [0, 0.05) is 19.4 Å². The van der Waals surface area contributed by atoms with E-state index in [0.717, 1.165) is 0 Å². The molecule has 3 aromatic rings. The fourth-order valence-corrected chi connectivity index (χ4v) is 1.54. The zero-order valence-electron chi connectivity index (χ0n) is 9.48. The van der Waals surface area contributed by atoms with Crippen molar-refractivity contribution in [3.63, 3.8) is 0 Å². The molecule has 7 nitrogen and oxygen atoms in total. The topological polar surface area (TPSA) is 89.9 Å². The maximum Gasteiger partial charge on any atom is 0.262 e. The van der Waals surface area contributed by atoms with E-state index in [0.29, 0.717) is 17.1 Å². The van der Waals surface area contributed by atoms with Crippen molar-refractivity contribution >= 4 is 0 Å². The average molecular weight is 243 g/mol. The van der Waals surface area contributed by atoms with Crippen molar-refractivity contribution in [3.05, 3.63) is 30.7 Å². The molecule has 0 aliphatic carbocycles. The lowest BCUT2D eigenvalue weighted by molar-refractivity contribution is 0.425. The molecular weight excluding hydrogens is 234 g/mol. The molecular formula is C11H9N5O2. The molecule has 3 aromatic heterocycles. The van der Waals surface area contributed by atoms with Crippen LogP contribution in [0.4, 0.5) is 0 Å². The fourth-order valence-electron chi connectivity index (χ4n) is 1.54. The zero-order valence-corrected chi connectivity index (χ0v) is 9.48. The summed E-state index contributed by atoms with van der Waals surface area (Å²) in [5, 5.41) is 17.6. The van der Waals surface area contributed by atoms with Crippen LogP contribution in [0, 0.1) is 0 Å². The highest BCUT2D eigenvalue weighted by Crippen LogP contribution is 2.27. The summed E-state index contributed by atoms with van der Waals surface area (Å²) in [5.41, 5.74) is 1.06. The number of aryl methyl sites for hydroxylation is 1. The van der Waals surface area contributed by atoms with Gasteiger partial charge in [0.1, 0.15) is 11.4 Å². The van der Waals surface area contributed by atoms with Crippen LogP contribution >= 0.6 is 0 Å². The first kappa shape index (κ1) is 10.5. The predicted octanol–water partition coefficient (Wildman–Crippen LogP) is 1.24. The lowest BCUT2D eigenvalue weighted by Gasteiger charge is -1.95. The van der Waals surface area contributed by atoms with Gasteiger partial charge < -0.3 is 9.63 Å². The second-order valence-corrected chi connectivity index (χ2v) is 3.69. The summed E-state index contributed by atoms with van der Waals surface area (Å²) in [6.07, 6.45) is 4.65. The Morgan fingerprint density at radius 2 is 2.22 bits per heavy atom. The third-order valence-electron chi connectivity index (χ3n) is 2.40. The van der Waals surface area contributed by atoms with Crippen LogP contribution in [0.15, 0.2) is 35.2 Å². The van der Waals surface area contributed by atoms with E-state index in [1.54, 1.807) is 36.3 Å². The van der Waals surface area contributed by atoms with Crippen LogP contribution in [0.3, 0.4) is 0 Å². The lowest BCUT2D eigenvalue weighted by Crippen LogP contribution is -1.88. The van der Waals surface area contributed by atoms with E-state index >= 15 is 0 Å². The van der Waals surface area contributed by atoms with Crippen molar-refractivity contribution in [3.8, 4) is 28.7 Å². The summed E-state index contributed by atoms with van der Waals surface area (Å²) in [6.45, 7) is 0. The third kappa shape index (κ3) is 1.71. The van der Waals surface area contributed by atoms with Crippen molar-refractivity contribution in [1.82, 2.24) is 24.9 Å². The van der Waals surface area contributed by atoms with Crippen molar-refractivity contribution in [2.75, 3.05) is 0 Å². The van der Waals surface area contributed by atoms with Crippen LogP contribution in [-0.2, 0) is 7.05 Å². The van der Waals surface area contributed by atoms with Crippen LogP contribution < -0.4 is 0 Å². The maximum absolute atomic E-state index is 9.64. The molecule has 0 spiro atoms. The molecule has 90 valence electrons. The Hall–Kier alpha value is -2.70. The average Bonchev–Trinajstić information content (AvgIpc) is 2.98. The van der Waals surface area contributed by atoms with Crippen molar-refractivity contribution in [2.45, 2.75) is 0 Å². The normalized spacial score (nSPS) is 10.7. The number of hydrogen-bond acceptors (Lipinski definition) is 6. The van der Waals surface area contributed by atoms with E-state index in [1.165, 1.54) is 6.20 Å². The second-order valence-electron chi connectivity index (χ2n) is 3.69. The summed E-state index contributed by atoms with van der Waals surface area (Å²) < 4.78 is 6.75. The Balaban J connectivity index is 2.02. The number of aromatic hydroxyl groups is 1. The van der Waals surface area contributed by atoms with Gasteiger partial charge in [0.25, 0.3) is 5.89 Å². The second kappa shape index (κ2) is 3.95. The monoisotopic (exact) mass is 243 g/mol. The summed E-state index contributed by atoms with van der Waals surface area (Å²) in [4.78, 5) is 7.97. The predicted molar refractivity (Wildman–Crippen MR) is 61.4 cm³/mol. The first-order valence-corrected chi connectivity index (χ1v) is 5.21. The minimum Gasteiger partial charge on any atom is -0.505 e. The molecule has 3 heterocycles. The minimum atomic E-state index is -0.00581. The van der Waals surface area contributed by atoms with Crippen molar-refractivity contribution < 1.29 is 9.63 Å². The van der Waals surface area contributed by atoms with E-state index < -0.39 is 0 Å². The van der Waals surface area contributed by atoms with Crippen LogP contribution in [-0.4, -0.2) is 30.0 Å². The molecule has 0 radical (unpaired) electrons. The van der Waals surface area contributed by atoms with Crippen LogP contribution in [0.5, 0.6) is 5.75 Å². The van der Waals surface area contributed by atoms with Crippen LogP contribution in [0.2, 0.25) is 0 Å². The molecule has 0 fully saturated rings. The third-order valence-corrected chi connectivity index (χ3v) is 2.40. The Kier molecular flexibility index (Phi) is 2.30. The Morgan fingerprint density at radius 3 is 2.94 bits per heavy atom. The number of nitrogens with zero attached hydrogens (tertiary/aromatic N) is 5. The molecule has 0 saturated carbocycles. The van der Waals surface area contributed by atoms with E-state index in [-0.39, 0.29) is 11.6 Å². The van der Waals surface area contributed by atoms with Gasteiger partial charge in [0.15, 0.2) is 0 Å². The number of aromatic nitrogens is 5. The fraction of sp³-hybridized carbons (Fsp3) is 0.0909. The smallest absolute Gasteiger partial charge is 0.262 e. The van der Waals surface area contributed by atoms with Gasteiger partial charge >= 0.3 is 0 Å². The van der Waals surface area contributed by atoms with E-state index in [1.807, 2.05) is 0 Å². The number of hydrogen-bond donors (Lipinski definition) is 1. The molecule has 1 N–H and O–H groups in total. The van der Waals surface area contributed by atoms with Gasteiger partial charge in [-0.3, -0.25) is 9.67 Å². The molecule has 18 heavy (non-hydrogen) atoms. The molecule has 0 bridgehead atoms. The van der Waals surface area contributed by atoms with Gasteiger partial charge in [-0.2, -0.15) is 10.1 Å². The van der Waals surface area contributed by atoms with Crippen molar-refractivity contribution in [1.29, 1.82) is 0 Å². The van der Waals surface area contributed by atoms with E-state index in [2.05, 4.69) is 20.2 Å². The van der Waals surface area contributed by atoms with Gasteiger partial charge in [-0.15, -0.1) is 0 Å². The largest absolute Gasteiger partial charge is 0.505 e. The van der Waals surface area contributed by atoms with Crippen molar-refractivity contribution in [2.24, 2.45) is 7.05 Å². The first-order chi connectivity index (χ1) is 8.74. The van der Waals surface area contributed by atoms with Gasteiger partial charge in [-0.05, 0) is 12.1 Å². The van der Waals surface area contributed by atoms with E-state index in [4.69, 9.17) is 4.52 Å². The van der Waals surface area contributed by atoms with Gasteiger partial charge in [0.05, 0.1) is 11.8 Å². The molecule has 0 aliphatic rings. The lowest BCUT2D eigenvalue weighted by atomic mass is 10.2. The molecule has 0 unspecified atom stereocenters. The maximum atomic E-state index is 9.64. The summed E-state index contributed by atoms with van der Waals surface area (Å²) >= 11 is 0. The molecule has 7 heteroatoms.